The summed E-state index contributed by atoms with van der Waals surface area (Å²) in [5, 5.41) is 3.39. The van der Waals surface area contributed by atoms with Gasteiger partial charge < -0.3 is 15.0 Å². The van der Waals surface area contributed by atoms with E-state index in [0.717, 1.165) is 49.3 Å². The Morgan fingerprint density at radius 2 is 1.86 bits per heavy atom. The SMILES string of the molecule is CCOC(=O)c1c(NC(=O)c2ccc(S(=O)(=O)N3CCC(C)CC3)cc2)sc2c1CC[NH+](CC)C2. The van der Waals surface area contributed by atoms with Gasteiger partial charge in [-0.05, 0) is 62.4 Å². The molecule has 1 saturated heterocycles. The molecule has 1 fully saturated rings. The largest absolute Gasteiger partial charge is 0.462 e. The quantitative estimate of drug-likeness (QED) is 0.547. The third-order valence-electron chi connectivity index (χ3n) is 6.93. The number of fused-ring (bicyclic) bond motifs is 1. The van der Waals surface area contributed by atoms with Crippen molar-refractivity contribution in [1.29, 1.82) is 0 Å². The van der Waals surface area contributed by atoms with Gasteiger partial charge in [0.1, 0.15) is 11.5 Å². The van der Waals surface area contributed by atoms with Crippen LogP contribution in [0.15, 0.2) is 29.2 Å². The molecule has 0 bridgehead atoms. The molecule has 0 spiro atoms. The number of thiophene rings is 1. The molecule has 3 heterocycles. The monoisotopic (exact) mass is 520 g/mol. The van der Waals surface area contributed by atoms with E-state index in [1.54, 1.807) is 6.92 Å². The first-order valence-electron chi connectivity index (χ1n) is 12.3. The summed E-state index contributed by atoms with van der Waals surface area (Å²) in [4.78, 5) is 28.5. The summed E-state index contributed by atoms with van der Waals surface area (Å²) in [6.45, 7) is 10.1. The number of quaternary nitrogens is 1. The molecule has 2 N–H and O–H groups in total. The highest BCUT2D eigenvalue weighted by Crippen LogP contribution is 2.35. The number of rotatable bonds is 7. The Bertz CT molecular complexity index is 1180. The van der Waals surface area contributed by atoms with Crippen molar-refractivity contribution in [2.24, 2.45) is 5.92 Å². The van der Waals surface area contributed by atoms with E-state index < -0.39 is 16.0 Å². The average molecular weight is 521 g/mol. The number of likely N-dealkylation sites (N-methyl/N-ethyl adjacent to an activating group) is 1. The topological polar surface area (TPSA) is 97.2 Å². The minimum Gasteiger partial charge on any atom is -0.462 e. The predicted octanol–water partition coefficient (Wildman–Crippen LogP) is 2.56. The molecule has 1 amide bonds. The van der Waals surface area contributed by atoms with Crippen LogP contribution in [0.4, 0.5) is 5.00 Å². The zero-order valence-corrected chi connectivity index (χ0v) is 22.2. The lowest BCUT2D eigenvalue weighted by Crippen LogP contribution is -3.11. The van der Waals surface area contributed by atoms with Crippen molar-refractivity contribution in [3.8, 4) is 0 Å². The van der Waals surface area contributed by atoms with Crippen molar-refractivity contribution in [1.82, 2.24) is 4.31 Å². The smallest absolute Gasteiger partial charge is 0.341 e. The fourth-order valence-corrected chi connectivity index (χ4v) is 7.45. The molecule has 4 rings (SSSR count). The summed E-state index contributed by atoms with van der Waals surface area (Å²) in [5.74, 6) is -0.275. The van der Waals surface area contributed by atoms with E-state index >= 15 is 0 Å². The molecular formula is C25H34N3O5S2+. The van der Waals surface area contributed by atoms with Crippen LogP contribution in [0.1, 0.15) is 64.8 Å². The van der Waals surface area contributed by atoms with Crippen LogP contribution in [0.25, 0.3) is 0 Å². The van der Waals surface area contributed by atoms with Gasteiger partial charge in [-0.2, -0.15) is 4.31 Å². The van der Waals surface area contributed by atoms with Crippen molar-refractivity contribution in [2.45, 2.75) is 51.5 Å². The number of carbonyl (C=O) groups is 2. The number of hydrogen-bond acceptors (Lipinski definition) is 6. The summed E-state index contributed by atoms with van der Waals surface area (Å²) < 4.78 is 32.8. The second-order valence-electron chi connectivity index (χ2n) is 9.27. The van der Waals surface area contributed by atoms with Crippen molar-refractivity contribution in [3.05, 3.63) is 45.8 Å². The average Bonchev–Trinajstić information content (AvgIpc) is 3.21. The minimum atomic E-state index is -3.58. The molecule has 190 valence electrons. The van der Waals surface area contributed by atoms with E-state index in [1.165, 1.54) is 44.8 Å². The van der Waals surface area contributed by atoms with E-state index in [2.05, 4.69) is 19.2 Å². The Morgan fingerprint density at radius 1 is 1.17 bits per heavy atom. The number of sulfonamides is 1. The Labute approximate surface area is 211 Å². The molecule has 35 heavy (non-hydrogen) atoms. The van der Waals surface area contributed by atoms with Gasteiger partial charge in [-0.25, -0.2) is 13.2 Å². The second-order valence-corrected chi connectivity index (χ2v) is 12.3. The summed E-state index contributed by atoms with van der Waals surface area (Å²) in [6, 6.07) is 6.01. The molecule has 1 atom stereocenters. The maximum atomic E-state index is 13.1. The van der Waals surface area contributed by atoms with Gasteiger partial charge in [0.05, 0.1) is 35.0 Å². The predicted molar refractivity (Wildman–Crippen MR) is 136 cm³/mol. The Morgan fingerprint density at radius 3 is 2.49 bits per heavy atom. The normalized spacial score (nSPS) is 19.2. The fraction of sp³-hybridized carbons (Fsp3) is 0.520. The lowest BCUT2D eigenvalue weighted by Gasteiger charge is -2.29. The number of ether oxygens (including phenoxy) is 1. The maximum Gasteiger partial charge on any atom is 0.341 e. The van der Waals surface area contributed by atoms with Gasteiger partial charge in [0, 0.05) is 25.1 Å². The maximum absolute atomic E-state index is 13.1. The van der Waals surface area contributed by atoms with E-state index in [9.17, 15) is 18.0 Å². The number of piperidine rings is 1. The Kier molecular flexibility index (Phi) is 7.95. The molecule has 1 aromatic heterocycles. The number of anilines is 1. The number of benzene rings is 1. The molecule has 0 saturated carbocycles. The van der Waals surface area contributed by atoms with Crippen LogP contribution in [-0.4, -0.2) is 57.4 Å². The zero-order chi connectivity index (χ0) is 25.2. The van der Waals surface area contributed by atoms with Gasteiger partial charge in [0.2, 0.25) is 10.0 Å². The Balaban J connectivity index is 1.54. The highest BCUT2D eigenvalue weighted by molar-refractivity contribution is 7.89. The van der Waals surface area contributed by atoms with Gasteiger partial charge >= 0.3 is 5.97 Å². The standard InChI is InChI=1S/C25H33N3O5S2/c1-4-27-13-12-20-21(16-27)34-24(22(20)25(30)33-5-2)26-23(29)18-6-8-19(9-7-18)35(31,32)28-14-10-17(3)11-15-28/h6-9,17H,4-5,10-16H2,1-3H3,(H,26,29)/p+1. The molecule has 2 aromatic rings. The van der Waals surface area contributed by atoms with Crippen molar-refractivity contribution in [3.63, 3.8) is 0 Å². The van der Waals surface area contributed by atoms with Crippen LogP contribution >= 0.6 is 11.3 Å². The summed E-state index contributed by atoms with van der Waals surface area (Å²) >= 11 is 1.43. The summed E-state index contributed by atoms with van der Waals surface area (Å²) in [6.07, 6.45) is 2.47. The first kappa shape index (κ1) is 25.8. The number of nitrogens with zero attached hydrogens (tertiary/aromatic N) is 1. The highest BCUT2D eigenvalue weighted by atomic mass is 32.2. The molecular weight excluding hydrogens is 486 g/mol. The number of nitrogens with one attached hydrogen (secondary N) is 2. The van der Waals surface area contributed by atoms with Crippen molar-refractivity contribution >= 4 is 38.2 Å². The van der Waals surface area contributed by atoms with Crippen LogP contribution in [0.5, 0.6) is 0 Å². The van der Waals surface area contributed by atoms with Gasteiger partial charge in [-0.1, -0.05) is 6.92 Å². The van der Waals surface area contributed by atoms with Crippen LogP contribution in [0.3, 0.4) is 0 Å². The molecule has 1 unspecified atom stereocenters. The molecule has 2 aliphatic rings. The number of carbonyl (C=O) groups excluding carboxylic acids is 2. The lowest BCUT2D eigenvalue weighted by molar-refractivity contribution is -0.913. The summed E-state index contributed by atoms with van der Waals surface area (Å²) in [7, 11) is -3.58. The van der Waals surface area contributed by atoms with Crippen molar-refractivity contribution < 1.29 is 27.6 Å². The molecule has 10 heteroatoms. The lowest BCUT2D eigenvalue weighted by atomic mass is 10.0. The number of hydrogen-bond donors (Lipinski definition) is 2. The van der Waals surface area contributed by atoms with Gasteiger partial charge in [-0.15, -0.1) is 11.3 Å². The highest BCUT2D eigenvalue weighted by Gasteiger charge is 2.31. The minimum absolute atomic E-state index is 0.185. The second kappa shape index (κ2) is 10.8. The third kappa shape index (κ3) is 5.45. The fourth-order valence-electron chi connectivity index (χ4n) is 4.67. The van der Waals surface area contributed by atoms with Crippen LogP contribution in [-0.2, 0) is 27.7 Å². The van der Waals surface area contributed by atoms with E-state index in [1.807, 2.05) is 0 Å². The van der Waals surface area contributed by atoms with Gasteiger partial charge in [0.25, 0.3) is 5.91 Å². The van der Waals surface area contributed by atoms with E-state index in [0.29, 0.717) is 35.1 Å². The molecule has 2 aliphatic heterocycles. The zero-order valence-electron chi connectivity index (χ0n) is 20.6. The molecule has 0 radical (unpaired) electrons. The third-order valence-corrected chi connectivity index (χ3v) is 9.99. The molecule has 1 aromatic carbocycles. The summed E-state index contributed by atoms with van der Waals surface area (Å²) in [5.41, 5.74) is 1.75. The number of esters is 1. The Hall–Kier alpha value is -2.27. The van der Waals surface area contributed by atoms with Crippen LogP contribution in [0.2, 0.25) is 0 Å². The first-order chi connectivity index (χ1) is 16.7. The first-order valence-corrected chi connectivity index (χ1v) is 14.6. The van der Waals surface area contributed by atoms with Crippen molar-refractivity contribution in [2.75, 3.05) is 38.1 Å². The van der Waals surface area contributed by atoms with Crippen LogP contribution < -0.4 is 10.2 Å². The number of amides is 1. The van der Waals surface area contributed by atoms with E-state index in [4.69, 9.17) is 4.74 Å². The molecule has 0 aliphatic carbocycles. The van der Waals surface area contributed by atoms with Gasteiger partial charge in [-0.3, -0.25) is 4.79 Å². The van der Waals surface area contributed by atoms with Crippen LogP contribution in [0, 0.1) is 5.92 Å². The molecule has 8 nitrogen and oxygen atoms in total. The van der Waals surface area contributed by atoms with Gasteiger partial charge in [0.15, 0.2) is 0 Å². The van der Waals surface area contributed by atoms with E-state index in [-0.39, 0.29) is 17.4 Å².